The maximum Gasteiger partial charge on any atom is 0.410 e. The monoisotopic (exact) mass is 341 g/mol. The lowest BCUT2D eigenvalue weighted by atomic mass is 9.89. The molecule has 4 nitrogen and oxygen atoms in total. The van der Waals surface area contributed by atoms with Crippen molar-refractivity contribution in [2.24, 2.45) is 5.92 Å². The third-order valence-electron chi connectivity index (χ3n) is 4.68. The highest BCUT2D eigenvalue weighted by Crippen LogP contribution is 2.32. The van der Waals surface area contributed by atoms with Crippen LogP contribution in [0.3, 0.4) is 0 Å². The van der Waals surface area contributed by atoms with Crippen molar-refractivity contribution in [2.45, 2.75) is 45.6 Å². The first-order valence-corrected chi connectivity index (χ1v) is 9.01. The lowest BCUT2D eigenvalue weighted by Crippen LogP contribution is -2.43. The van der Waals surface area contributed by atoms with Gasteiger partial charge in [-0.25, -0.2) is 4.79 Å². The largest absolute Gasteiger partial charge is 0.508 e. The van der Waals surface area contributed by atoms with E-state index in [4.69, 9.17) is 4.74 Å². The predicted molar refractivity (Wildman–Crippen MR) is 99.8 cm³/mol. The molecule has 0 bridgehead atoms. The molecule has 1 N–H and O–H groups in total. The normalized spacial score (nSPS) is 18.4. The van der Waals surface area contributed by atoms with Crippen LogP contribution in [0.1, 0.15) is 39.2 Å². The molecule has 2 aromatic rings. The van der Waals surface area contributed by atoms with Crippen LogP contribution < -0.4 is 0 Å². The van der Waals surface area contributed by atoms with Crippen LogP contribution in [0.4, 0.5) is 4.79 Å². The van der Waals surface area contributed by atoms with Gasteiger partial charge in [-0.3, -0.25) is 0 Å². The topological polar surface area (TPSA) is 49.8 Å². The van der Waals surface area contributed by atoms with E-state index < -0.39 is 5.60 Å². The predicted octanol–water partition coefficient (Wildman–Crippen LogP) is 4.74. The molecular weight excluding hydrogens is 314 g/mol. The summed E-state index contributed by atoms with van der Waals surface area (Å²) in [5.41, 5.74) is 0.506. The third kappa shape index (κ3) is 4.25. The molecule has 1 aliphatic rings. The minimum atomic E-state index is -0.474. The summed E-state index contributed by atoms with van der Waals surface area (Å²) < 4.78 is 5.51. The van der Waals surface area contributed by atoms with Gasteiger partial charge in [0, 0.05) is 18.7 Å². The van der Waals surface area contributed by atoms with Crippen LogP contribution in [0, 0.1) is 5.92 Å². The highest BCUT2D eigenvalue weighted by molar-refractivity contribution is 5.87. The molecule has 1 heterocycles. The number of likely N-dealkylation sites (tertiary alicyclic amines) is 1. The number of amides is 1. The van der Waals surface area contributed by atoms with Gasteiger partial charge in [-0.05, 0) is 62.8 Å². The van der Waals surface area contributed by atoms with Crippen molar-refractivity contribution < 1.29 is 14.6 Å². The van der Waals surface area contributed by atoms with Gasteiger partial charge in [0.2, 0.25) is 0 Å². The van der Waals surface area contributed by atoms with Crippen molar-refractivity contribution >= 4 is 16.9 Å². The molecule has 4 heteroatoms. The number of ether oxygens (including phenoxy) is 1. The van der Waals surface area contributed by atoms with Crippen molar-refractivity contribution in [1.82, 2.24) is 4.90 Å². The fraction of sp³-hybridized carbons (Fsp3) is 0.476. The van der Waals surface area contributed by atoms with E-state index in [1.165, 1.54) is 0 Å². The summed E-state index contributed by atoms with van der Waals surface area (Å²) in [6.07, 6.45) is 2.56. The molecule has 0 spiro atoms. The van der Waals surface area contributed by atoms with E-state index >= 15 is 0 Å². The zero-order chi connectivity index (χ0) is 18.0. The number of nitrogens with zero attached hydrogens (tertiary/aromatic N) is 1. The average Bonchev–Trinajstić information content (AvgIpc) is 2.56. The molecule has 1 fully saturated rings. The number of hydrogen-bond donors (Lipinski definition) is 1. The number of rotatable bonds is 2. The summed E-state index contributed by atoms with van der Waals surface area (Å²) in [7, 11) is 0. The molecule has 0 saturated carbocycles. The number of carbonyl (C=O) groups excluding carboxylic acids is 1. The van der Waals surface area contributed by atoms with Crippen LogP contribution in [0.25, 0.3) is 10.8 Å². The SMILES string of the molecule is CC(C)(C)OC(=O)N1CCC[C@@H](Cc2c(O)ccc3ccccc23)C1. The Morgan fingerprint density at radius 2 is 2.00 bits per heavy atom. The summed E-state index contributed by atoms with van der Waals surface area (Å²) in [5, 5.41) is 12.6. The first-order chi connectivity index (χ1) is 11.8. The Balaban J connectivity index is 1.75. The summed E-state index contributed by atoms with van der Waals surface area (Å²) in [6.45, 7) is 7.09. The quantitative estimate of drug-likeness (QED) is 0.859. The Morgan fingerprint density at radius 3 is 2.76 bits per heavy atom. The maximum absolute atomic E-state index is 12.3. The standard InChI is InChI=1S/C21H27NO3/c1-21(2,3)25-20(24)22-12-6-7-15(14-22)13-18-17-9-5-4-8-16(17)10-11-19(18)23/h4-5,8-11,15,23H,6-7,12-14H2,1-3H3/t15-/m0/s1. The number of benzene rings is 2. The third-order valence-corrected chi connectivity index (χ3v) is 4.68. The molecule has 1 saturated heterocycles. The molecule has 25 heavy (non-hydrogen) atoms. The van der Waals surface area contributed by atoms with E-state index in [1.807, 2.05) is 43.9 Å². The molecular formula is C21H27NO3. The van der Waals surface area contributed by atoms with Crippen LogP contribution in [0.15, 0.2) is 36.4 Å². The second-order valence-corrected chi connectivity index (χ2v) is 7.92. The molecule has 134 valence electrons. The number of phenols is 1. The van der Waals surface area contributed by atoms with E-state index in [0.717, 1.165) is 42.1 Å². The second kappa shape index (κ2) is 6.95. The smallest absolute Gasteiger partial charge is 0.410 e. The number of carbonyl (C=O) groups is 1. The maximum atomic E-state index is 12.3. The highest BCUT2D eigenvalue weighted by Gasteiger charge is 2.28. The molecule has 2 aromatic carbocycles. The molecule has 0 radical (unpaired) electrons. The van der Waals surface area contributed by atoms with Crippen molar-refractivity contribution in [3.8, 4) is 5.75 Å². The highest BCUT2D eigenvalue weighted by atomic mass is 16.6. The number of aromatic hydroxyl groups is 1. The van der Waals surface area contributed by atoms with Crippen LogP contribution in [-0.2, 0) is 11.2 Å². The Morgan fingerprint density at radius 1 is 1.24 bits per heavy atom. The van der Waals surface area contributed by atoms with Crippen molar-refractivity contribution in [3.05, 3.63) is 42.0 Å². The van der Waals surface area contributed by atoms with E-state index in [0.29, 0.717) is 18.2 Å². The summed E-state index contributed by atoms with van der Waals surface area (Å²) >= 11 is 0. The summed E-state index contributed by atoms with van der Waals surface area (Å²) in [5.74, 6) is 0.672. The lowest BCUT2D eigenvalue weighted by Gasteiger charge is -2.34. The fourth-order valence-corrected chi connectivity index (χ4v) is 3.55. The first-order valence-electron chi connectivity index (χ1n) is 9.01. The number of hydrogen-bond acceptors (Lipinski definition) is 3. The van der Waals surface area contributed by atoms with Gasteiger partial charge in [-0.2, -0.15) is 0 Å². The van der Waals surface area contributed by atoms with Crippen molar-refractivity contribution in [3.63, 3.8) is 0 Å². The number of fused-ring (bicyclic) bond motifs is 1. The molecule has 0 unspecified atom stereocenters. The molecule has 1 atom stereocenters. The summed E-state index contributed by atoms with van der Waals surface area (Å²) in [6, 6.07) is 11.8. The van der Waals surface area contributed by atoms with Gasteiger partial charge in [0.1, 0.15) is 11.4 Å². The van der Waals surface area contributed by atoms with E-state index in [2.05, 4.69) is 12.1 Å². The average molecular weight is 341 g/mol. The molecule has 3 rings (SSSR count). The zero-order valence-electron chi connectivity index (χ0n) is 15.3. The van der Waals surface area contributed by atoms with Gasteiger partial charge in [0.05, 0.1) is 0 Å². The zero-order valence-corrected chi connectivity index (χ0v) is 15.3. The Hall–Kier alpha value is -2.23. The van der Waals surface area contributed by atoms with Gasteiger partial charge in [-0.1, -0.05) is 30.3 Å². The molecule has 0 aliphatic carbocycles. The Labute approximate surface area is 149 Å². The Bertz CT molecular complexity index is 763. The lowest BCUT2D eigenvalue weighted by molar-refractivity contribution is 0.0166. The fourth-order valence-electron chi connectivity index (χ4n) is 3.55. The van der Waals surface area contributed by atoms with Crippen LogP contribution >= 0.6 is 0 Å². The van der Waals surface area contributed by atoms with Gasteiger partial charge < -0.3 is 14.7 Å². The van der Waals surface area contributed by atoms with Gasteiger partial charge in [0.15, 0.2) is 0 Å². The van der Waals surface area contributed by atoms with Crippen LogP contribution in [0.2, 0.25) is 0 Å². The van der Waals surface area contributed by atoms with E-state index in [1.54, 1.807) is 6.07 Å². The van der Waals surface area contributed by atoms with Crippen molar-refractivity contribution in [1.29, 1.82) is 0 Å². The summed E-state index contributed by atoms with van der Waals surface area (Å²) in [4.78, 5) is 14.2. The molecule has 1 aliphatic heterocycles. The van der Waals surface area contributed by atoms with Crippen molar-refractivity contribution in [2.75, 3.05) is 13.1 Å². The van der Waals surface area contributed by atoms with Gasteiger partial charge >= 0.3 is 6.09 Å². The second-order valence-electron chi connectivity index (χ2n) is 7.92. The number of phenolic OH excluding ortho intramolecular Hbond substituents is 1. The minimum Gasteiger partial charge on any atom is -0.508 e. The molecule has 0 aromatic heterocycles. The Kier molecular flexibility index (Phi) is 4.89. The first kappa shape index (κ1) is 17.6. The van der Waals surface area contributed by atoms with Gasteiger partial charge in [-0.15, -0.1) is 0 Å². The van der Waals surface area contributed by atoms with E-state index in [9.17, 15) is 9.90 Å². The minimum absolute atomic E-state index is 0.237. The molecule has 1 amide bonds. The van der Waals surface area contributed by atoms with E-state index in [-0.39, 0.29) is 6.09 Å². The number of piperidine rings is 1. The van der Waals surface area contributed by atoms with Crippen LogP contribution in [-0.4, -0.2) is 34.8 Å². The van der Waals surface area contributed by atoms with Crippen LogP contribution in [0.5, 0.6) is 5.75 Å². The van der Waals surface area contributed by atoms with Gasteiger partial charge in [0.25, 0.3) is 0 Å².